The van der Waals surface area contributed by atoms with Crippen LogP contribution in [0.3, 0.4) is 0 Å². The zero-order valence-corrected chi connectivity index (χ0v) is 15.6. The summed E-state index contributed by atoms with van der Waals surface area (Å²) in [4.78, 5) is 21.2. The van der Waals surface area contributed by atoms with Gasteiger partial charge in [-0.1, -0.05) is 12.1 Å². The first kappa shape index (κ1) is 18.1. The Kier molecular flexibility index (Phi) is 5.21. The van der Waals surface area contributed by atoms with Gasteiger partial charge in [-0.05, 0) is 67.6 Å². The van der Waals surface area contributed by atoms with Crippen LogP contribution in [0.2, 0.25) is 0 Å². The summed E-state index contributed by atoms with van der Waals surface area (Å²) < 4.78 is 13.6. The molecule has 5 heteroatoms. The first-order chi connectivity index (χ1) is 13.1. The number of pyridine rings is 1. The lowest BCUT2D eigenvalue weighted by molar-refractivity contribution is -0.132. The van der Waals surface area contributed by atoms with Crippen LogP contribution in [0.5, 0.6) is 0 Å². The second-order valence-electron chi connectivity index (χ2n) is 7.82. The molecule has 142 valence electrons. The third-order valence-corrected chi connectivity index (χ3v) is 6.07. The van der Waals surface area contributed by atoms with Gasteiger partial charge in [-0.15, -0.1) is 0 Å². The molecule has 0 bridgehead atoms. The van der Waals surface area contributed by atoms with Crippen molar-refractivity contribution < 1.29 is 9.18 Å². The van der Waals surface area contributed by atoms with E-state index >= 15 is 0 Å². The predicted octanol–water partition coefficient (Wildman–Crippen LogP) is 3.77. The molecule has 4 nitrogen and oxygen atoms in total. The van der Waals surface area contributed by atoms with Crippen LogP contribution in [0, 0.1) is 5.82 Å². The number of aromatic nitrogens is 1. The molecule has 2 aliphatic heterocycles. The molecule has 2 aliphatic rings. The Balaban J connectivity index is 1.47. The lowest BCUT2D eigenvalue weighted by atomic mass is 9.87. The van der Waals surface area contributed by atoms with E-state index in [4.69, 9.17) is 0 Å². The monoisotopic (exact) mass is 367 g/mol. The molecule has 2 aromatic rings. The van der Waals surface area contributed by atoms with Crippen LogP contribution in [-0.4, -0.2) is 39.3 Å². The Hall–Kier alpha value is -2.27. The summed E-state index contributed by atoms with van der Waals surface area (Å²) in [7, 11) is 0. The Labute approximate surface area is 160 Å². The molecule has 0 radical (unpaired) electrons. The molecule has 1 unspecified atom stereocenters. The van der Waals surface area contributed by atoms with Gasteiger partial charge >= 0.3 is 0 Å². The molecule has 27 heavy (non-hydrogen) atoms. The van der Waals surface area contributed by atoms with Crippen LogP contribution in [0.15, 0.2) is 48.8 Å². The van der Waals surface area contributed by atoms with Crippen molar-refractivity contribution >= 4 is 5.91 Å². The molecule has 0 N–H and O–H groups in total. The smallest absolute Gasteiger partial charge is 0.223 e. The number of halogens is 1. The standard InChI is InChI=1S/C22H26FN3O/c23-20-4-1-3-19(15-20)17-26-21(27)5-9-22(26)8-2-13-25(14-10-22)16-18-6-11-24-12-7-18/h1,3-4,6-7,11-12,15H,2,5,8-10,13-14,16-17H2. The number of likely N-dealkylation sites (tertiary alicyclic amines) is 2. The molecule has 3 heterocycles. The van der Waals surface area contributed by atoms with Crippen LogP contribution >= 0.6 is 0 Å². The minimum atomic E-state index is -0.238. The summed E-state index contributed by atoms with van der Waals surface area (Å²) in [5.41, 5.74) is 2.08. The van der Waals surface area contributed by atoms with Crippen molar-refractivity contribution in [3.63, 3.8) is 0 Å². The second-order valence-corrected chi connectivity index (χ2v) is 7.82. The van der Waals surface area contributed by atoms with Crippen LogP contribution in [-0.2, 0) is 17.9 Å². The summed E-state index contributed by atoms with van der Waals surface area (Å²) in [6.07, 6.45) is 8.30. The fourth-order valence-electron chi connectivity index (χ4n) is 4.61. The number of hydrogen-bond donors (Lipinski definition) is 0. The van der Waals surface area contributed by atoms with Gasteiger partial charge in [-0.25, -0.2) is 4.39 Å². The maximum Gasteiger partial charge on any atom is 0.223 e. The Bertz CT molecular complexity index is 797. The molecule has 4 rings (SSSR count). The van der Waals surface area contributed by atoms with Gasteiger partial charge in [0.25, 0.3) is 0 Å². The molecule has 1 spiro atoms. The third-order valence-electron chi connectivity index (χ3n) is 6.07. The first-order valence-corrected chi connectivity index (χ1v) is 9.81. The number of carbonyl (C=O) groups excluding carboxylic acids is 1. The number of benzene rings is 1. The molecular formula is C22H26FN3O. The highest BCUT2D eigenvalue weighted by atomic mass is 19.1. The second kappa shape index (κ2) is 7.77. The SMILES string of the molecule is O=C1CCC2(CCCN(Cc3ccncc3)CC2)N1Cc1cccc(F)c1. The normalized spacial score (nSPS) is 23.7. The van der Waals surface area contributed by atoms with E-state index in [1.807, 2.05) is 23.4 Å². The lowest BCUT2D eigenvalue weighted by Gasteiger charge is -2.38. The van der Waals surface area contributed by atoms with Crippen molar-refractivity contribution in [2.45, 2.75) is 50.7 Å². The number of nitrogens with zero attached hydrogens (tertiary/aromatic N) is 3. The quantitative estimate of drug-likeness (QED) is 0.825. The van der Waals surface area contributed by atoms with Crippen molar-refractivity contribution in [1.82, 2.24) is 14.8 Å². The van der Waals surface area contributed by atoms with Crippen molar-refractivity contribution in [2.24, 2.45) is 0 Å². The number of rotatable bonds is 4. The highest BCUT2D eigenvalue weighted by Crippen LogP contribution is 2.40. The van der Waals surface area contributed by atoms with E-state index in [2.05, 4.69) is 22.0 Å². The zero-order valence-electron chi connectivity index (χ0n) is 15.6. The fraction of sp³-hybridized carbons (Fsp3) is 0.455. The molecule has 1 aromatic heterocycles. The van der Waals surface area contributed by atoms with Crippen molar-refractivity contribution in [2.75, 3.05) is 13.1 Å². The van der Waals surface area contributed by atoms with E-state index in [1.165, 1.54) is 11.6 Å². The van der Waals surface area contributed by atoms with E-state index in [-0.39, 0.29) is 17.3 Å². The minimum absolute atomic E-state index is 0.0730. The molecular weight excluding hydrogens is 341 g/mol. The van der Waals surface area contributed by atoms with E-state index in [1.54, 1.807) is 12.1 Å². The predicted molar refractivity (Wildman–Crippen MR) is 102 cm³/mol. The summed E-state index contributed by atoms with van der Waals surface area (Å²) in [6.45, 7) is 3.47. The van der Waals surface area contributed by atoms with Crippen molar-refractivity contribution in [1.29, 1.82) is 0 Å². The third kappa shape index (κ3) is 4.03. The molecule has 1 amide bonds. The number of carbonyl (C=O) groups is 1. The van der Waals surface area contributed by atoms with Gasteiger partial charge in [-0.3, -0.25) is 14.7 Å². The van der Waals surface area contributed by atoms with E-state index in [9.17, 15) is 9.18 Å². The van der Waals surface area contributed by atoms with Gasteiger partial charge in [0.05, 0.1) is 0 Å². The van der Waals surface area contributed by atoms with E-state index < -0.39 is 0 Å². The summed E-state index contributed by atoms with van der Waals surface area (Å²) in [6, 6.07) is 10.8. The van der Waals surface area contributed by atoms with Gasteiger partial charge in [0.15, 0.2) is 0 Å². The first-order valence-electron chi connectivity index (χ1n) is 9.81. The van der Waals surface area contributed by atoms with Gasteiger partial charge in [0.2, 0.25) is 5.91 Å². The number of hydrogen-bond acceptors (Lipinski definition) is 3. The van der Waals surface area contributed by atoms with Crippen molar-refractivity contribution in [3.8, 4) is 0 Å². The highest BCUT2D eigenvalue weighted by Gasteiger charge is 2.45. The van der Waals surface area contributed by atoms with Crippen LogP contribution in [0.1, 0.15) is 43.2 Å². The molecule has 2 saturated heterocycles. The largest absolute Gasteiger partial charge is 0.333 e. The minimum Gasteiger partial charge on any atom is -0.333 e. The molecule has 1 atom stereocenters. The lowest BCUT2D eigenvalue weighted by Crippen LogP contribution is -2.45. The van der Waals surface area contributed by atoms with Gasteiger partial charge in [0.1, 0.15) is 5.82 Å². The Morgan fingerprint density at radius 3 is 2.67 bits per heavy atom. The highest BCUT2D eigenvalue weighted by molar-refractivity contribution is 5.79. The average Bonchev–Trinajstić information content (AvgIpc) is 2.84. The van der Waals surface area contributed by atoms with Crippen molar-refractivity contribution in [3.05, 3.63) is 65.7 Å². The van der Waals surface area contributed by atoms with Crippen LogP contribution in [0.25, 0.3) is 0 Å². The molecule has 0 saturated carbocycles. The molecule has 0 aliphatic carbocycles. The summed E-state index contributed by atoms with van der Waals surface area (Å²) >= 11 is 0. The fourth-order valence-corrected chi connectivity index (χ4v) is 4.61. The molecule has 1 aromatic carbocycles. The van der Waals surface area contributed by atoms with Gasteiger partial charge in [0, 0.05) is 44.0 Å². The van der Waals surface area contributed by atoms with E-state index in [0.29, 0.717) is 13.0 Å². The van der Waals surface area contributed by atoms with Gasteiger partial charge < -0.3 is 4.90 Å². The van der Waals surface area contributed by atoms with Crippen LogP contribution < -0.4 is 0 Å². The van der Waals surface area contributed by atoms with Crippen LogP contribution in [0.4, 0.5) is 4.39 Å². The Morgan fingerprint density at radius 1 is 1.00 bits per heavy atom. The maximum absolute atomic E-state index is 13.6. The Morgan fingerprint density at radius 2 is 1.85 bits per heavy atom. The maximum atomic E-state index is 13.6. The van der Waals surface area contributed by atoms with Gasteiger partial charge in [-0.2, -0.15) is 0 Å². The zero-order chi connectivity index (χ0) is 18.7. The summed E-state index contributed by atoms with van der Waals surface area (Å²) in [5.74, 6) is -0.0283. The molecule has 2 fully saturated rings. The average molecular weight is 367 g/mol. The summed E-state index contributed by atoms with van der Waals surface area (Å²) in [5, 5.41) is 0. The number of amides is 1. The topological polar surface area (TPSA) is 36.4 Å². The van der Waals surface area contributed by atoms with E-state index in [0.717, 1.165) is 50.9 Å².